The molecule has 3 rings (SSSR count). The van der Waals surface area contributed by atoms with Crippen molar-refractivity contribution in [3.63, 3.8) is 0 Å². The number of carbonyl (C=O) groups is 1. The van der Waals surface area contributed by atoms with Gasteiger partial charge in [-0.25, -0.2) is 12.8 Å². The van der Waals surface area contributed by atoms with Gasteiger partial charge in [0, 0.05) is 22.3 Å². The number of benzene rings is 3. The van der Waals surface area contributed by atoms with Gasteiger partial charge in [-0.1, -0.05) is 57.9 Å². The molecule has 0 aliphatic heterocycles. The van der Waals surface area contributed by atoms with Gasteiger partial charge in [0.1, 0.15) is 5.82 Å². The van der Waals surface area contributed by atoms with E-state index in [9.17, 15) is 17.6 Å². The lowest BCUT2D eigenvalue weighted by atomic mass is 10.2. The molecule has 30 heavy (non-hydrogen) atoms. The minimum atomic E-state index is -4.03. The van der Waals surface area contributed by atoms with Crippen molar-refractivity contribution in [2.45, 2.75) is 18.4 Å². The number of amides is 1. The van der Waals surface area contributed by atoms with Gasteiger partial charge in [0.25, 0.3) is 0 Å². The Kier molecular flexibility index (Phi) is 7.02. The lowest BCUT2D eigenvalue weighted by Gasteiger charge is -2.22. The first-order valence-corrected chi connectivity index (χ1v) is 11.3. The zero-order valence-corrected chi connectivity index (χ0v) is 18.6. The molecular formula is C22H20BrFN2O3S. The van der Waals surface area contributed by atoms with Crippen molar-refractivity contribution >= 4 is 37.5 Å². The van der Waals surface area contributed by atoms with Crippen molar-refractivity contribution in [2.75, 3.05) is 11.9 Å². The molecule has 156 valence electrons. The molecule has 0 radical (unpaired) electrons. The Hall–Kier alpha value is -2.55. The van der Waals surface area contributed by atoms with Crippen molar-refractivity contribution in [3.05, 3.63) is 94.2 Å². The highest BCUT2D eigenvalue weighted by Crippen LogP contribution is 2.21. The summed E-state index contributed by atoms with van der Waals surface area (Å²) in [7, 11) is -4.03. The molecular weight excluding hydrogens is 471 g/mol. The number of anilines is 1. The van der Waals surface area contributed by atoms with Gasteiger partial charge in [0.15, 0.2) is 0 Å². The molecule has 1 amide bonds. The maximum Gasteiger partial charge on any atom is 0.243 e. The summed E-state index contributed by atoms with van der Waals surface area (Å²) in [6.07, 6.45) is 0. The summed E-state index contributed by atoms with van der Waals surface area (Å²) in [5.74, 6) is -1.06. The van der Waals surface area contributed by atoms with Crippen molar-refractivity contribution in [2.24, 2.45) is 0 Å². The molecule has 0 saturated carbocycles. The minimum Gasteiger partial charge on any atom is -0.325 e. The Morgan fingerprint density at radius 2 is 1.73 bits per heavy atom. The first-order valence-electron chi connectivity index (χ1n) is 9.11. The third kappa shape index (κ3) is 5.53. The molecule has 0 aromatic heterocycles. The van der Waals surface area contributed by atoms with Crippen LogP contribution in [-0.2, 0) is 21.4 Å². The summed E-state index contributed by atoms with van der Waals surface area (Å²) in [6, 6.07) is 19.2. The van der Waals surface area contributed by atoms with E-state index in [1.807, 2.05) is 13.0 Å². The number of nitrogens with zero attached hydrogens (tertiary/aromatic N) is 1. The Balaban J connectivity index is 1.89. The summed E-state index contributed by atoms with van der Waals surface area (Å²) in [4.78, 5) is 12.7. The van der Waals surface area contributed by atoms with Crippen LogP contribution in [0.1, 0.15) is 11.1 Å². The molecule has 3 aromatic carbocycles. The SMILES string of the molecule is Cc1ccc(S(=O)(=O)N(CC(=O)Nc2cccc(Br)c2)Cc2ccccc2F)cc1. The molecule has 0 heterocycles. The van der Waals surface area contributed by atoms with Crippen LogP contribution in [0.5, 0.6) is 0 Å². The average molecular weight is 491 g/mol. The van der Waals surface area contributed by atoms with E-state index in [1.54, 1.807) is 36.4 Å². The maximum absolute atomic E-state index is 14.2. The van der Waals surface area contributed by atoms with Crippen LogP contribution >= 0.6 is 15.9 Å². The minimum absolute atomic E-state index is 0.0414. The van der Waals surface area contributed by atoms with Crippen LogP contribution in [-0.4, -0.2) is 25.2 Å². The number of hydrogen-bond donors (Lipinski definition) is 1. The first-order chi connectivity index (χ1) is 14.3. The lowest BCUT2D eigenvalue weighted by molar-refractivity contribution is -0.116. The van der Waals surface area contributed by atoms with E-state index in [4.69, 9.17) is 0 Å². The average Bonchev–Trinajstić information content (AvgIpc) is 2.69. The zero-order chi connectivity index (χ0) is 21.7. The Morgan fingerprint density at radius 3 is 2.40 bits per heavy atom. The highest BCUT2D eigenvalue weighted by molar-refractivity contribution is 9.10. The van der Waals surface area contributed by atoms with Gasteiger partial charge in [-0.05, 0) is 43.3 Å². The van der Waals surface area contributed by atoms with Gasteiger partial charge in [-0.3, -0.25) is 4.79 Å². The molecule has 0 fully saturated rings. The second kappa shape index (κ2) is 9.51. The lowest BCUT2D eigenvalue weighted by Crippen LogP contribution is -2.37. The monoisotopic (exact) mass is 490 g/mol. The molecule has 0 unspecified atom stereocenters. The molecule has 8 heteroatoms. The van der Waals surface area contributed by atoms with Gasteiger partial charge in [-0.2, -0.15) is 4.31 Å². The summed E-state index contributed by atoms with van der Waals surface area (Å²) >= 11 is 3.32. The van der Waals surface area contributed by atoms with Crippen LogP contribution in [0.3, 0.4) is 0 Å². The Bertz CT molecular complexity index is 1150. The van der Waals surface area contributed by atoms with Crippen molar-refractivity contribution in [1.29, 1.82) is 0 Å². The number of rotatable bonds is 7. The van der Waals surface area contributed by atoms with Gasteiger partial charge in [0.2, 0.25) is 15.9 Å². The number of halogens is 2. The quantitative estimate of drug-likeness (QED) is 0.520. The molecule has 3 aromatic rings. The third-order valence-electron chi connectivity index (χ3n) is 4.39. The first kappa shape index (κ1) is 22.1. The summed E-state index contributed by atoms with van der Waals surface area (Å²) in [5, 5.41) is 2.68. The molecule has 0 atom stereocenters. The zero-order valence-electron chi connectivity index (χ0n) is 16.2. The Morgan fingerprint density at radius 1 is 1.03 bits per heavy atom. The number of nitrogens with one attached hydrogen (secondary N) is 1. The molecule has 0 aliphatic rings. The van der Waals surface area contributed by atoms with Crippen LogP contribution in [0.15, 0.2) is 82.2 Å². The van der Waals surface area contributed by atoms with Gasteiger partial charge < -0.3 is 5.32 Å². The summed E-state index contributed by atoms with van der Waals surface area (Å²) in [5.41, 5.74) is 1.61. The van der Waals surface area contributed by atoms with Crippen LogP contribution in [0.25, 0.3) is 0 Å². The van der Waals surface area contributed by atoms with Crippen LogP contribution < -0.4 is 5.32 Å². The van der Waals surface area contributed by atoms with Gasteiger partial charge >= 0.3 is 0 Å². The van der Waals surface area contributed by atoms with E-state index < -0.39 is 28.3 Å². The summed E-state index contributed by atoms with van der Waals surface area (Å²) in [6.45, 7) is 1.12. The fourth-order valence-corrected chi connectivity index (χ4v) is 4.60. The van der Waals surface area contributed by atoms with E-state index in [1.165, 1.54) is 30.3 Å². The topological polar surface area (TPSA) is 66.5 Å². The van der Waals surface area contributed by atoms with E-state index in [0.717, 1.165) is 14.3 Å². The standard InChI is InChI=1S/C22H20BrFN2O3S/c1-16-9-11-20(12-10-16)30(28,29)26(14-17-5-2-3-8-21(17)24)15-22(27)25-19-7-4-6-18(23)13-19/h2-13H,14-15H2,1H3,(H,25,27). The molecule has 0 saturated heterocycles. The van der Waals surface area contributed by atoms with Crippen molar-refractivity contribution in [1.82, 2.24) is 4.31 Å². The molecule has 0 aliphatic carbocycles. The van der Waals surface area contributed by atoms with E-state index in [-0.39, 0.29) is 17.0 Å². The highest BCUT2D eigenvalue weighted by atomic mass is 79.9. The maximum atomic E-state index is 14.2. The van der Waals surface area contributed by atoms with E-state index >= 15 is 0 Å². The largest absolute Gasteiger partial charge is 0.325 e. The predicted octanol–water partition coefficient (Wildman–Crippen LogP) is 4.73. The van der Waals surface area contributed by atoms with Crippen LogP contribution in [0, 0.1) is 12.7 Å². The molecule has 0 spiro atoms. The highest BCUT2D eigenvalue weighted by Gasteiger charge is 2.27. The number of hydrogen-bond acceptors (Lipinski definition) is 3. The third-order valence-corrected chi connectivity index (χ3v) is 6.69. The van der Waals surface area contributed by atoms with Crippen molar-refractivity contribution in [3.8, 4) is 0 Å². The smallest absolute Gasteiger partial charge is 0.243 e. The summed E-state index contributed by atoms with van der Waals surface area (Å²) < 4.78 is 42.4. The normalized spacial score (nSPS) is 11.5. The predicted molar refractivity (Wildman–Crippen MR) is 118 cm³/mol. The molecule has 0 bridgehead atoms. The van der Waals surface area contributed by atoms with Gasteiger partial charge in [-0.15, -0.1) is 0 Å². The number of carbonyl (C=O) groups excluding carboxylic acids is 1. The number of aryl methyl sites for hydroxylation is 1. The fraction of sp³-hybridized carbons (Fsp3) is 0.136. The van der Waals surface area contributed by atoms with E-state index in [0.29, 0.717) is 5.69 Å². The fourth-order valence-electron chi connectivity index (χ4n) is 2.83. The number of sulfonamides is 1. The Labute approximate surface area is 183 Å². The van der Waals surface area contributed by atoms with Crippen LogP contribution in [0.2, 0.25) is 0 Å². The van der Waals surface area contributed by atoms with Crippen LogP contribution in [0.4, 0.5) is 10.1 Å². The van der Waals surface area contributed by atoms with Crippen molar-refractivity contribution < 1.29 is 17.6 Å². The second-order valence-electron chi connectivity index (χ2n) is 6.74. The molecule has 5 nitrogen and oxygen atoms in total. The second-order valence-corrected chi connectivity index (χ2v) is 9.59. The molecule has 1 N–H and O–H groups in total. The van der Waals surface area contributed by atoms with E-state index in [2.05, 4.69) is 21.2 Å². The van der Waals surface area contributed by atoms with Gasteiger partial charge in [0.05, 0.1) is 11.4 Å².